The molecule has 0 saturated heterocycles. The lowest BCUT2D eigenvalue weighted by Gasteiger charge is -2.17. The number of imidazole rings is 1. The molecule has 0 fully saturated rings. The van der Waals surface area contributed by atoms with Crippen LogP contribution in [0, 0.1) is 0 Å². The molecule has 0 N–H and O–H groups in total. The largest absolute Gasteiger partial charge is 0.319 e. The van der Waals surface area contributed by atoms with Crippen LogP contribution in [0.5, 0.6) is 0 Å². The molecule has 0 aliphatic carbocycles. The Balaban J connectivity index is 2.27. The van der Waals surface area contributed by atoms with E-state index in [4.69, 9.17) is 11.6 Å². The van der Waals surface area contributed by atoms with Crippen molar-refractivity contribution >= 4 is 21.6 Å². The number of aromatic nitrogens is 2. The Morgan fingerprint density at radius 2 is 2.14 bits per heavy atom. The summed E-state index contributed by atoms with van der Waals surface area (Å²) in [6.45, 7) is -3.04. The molecule has 0 aliphatic rings. The number of hydrogen-bond acceptors (Lipinski definition) is 3. The molecule has 1 aromatic carbocycles. The van der Waals surface area contributed by atoms with Crippen LogP contribution in [-0.4, -0.2) is 29.3 Å². The fraction of sp³-hybridized carbons (Fsp3) is 0.250. The Hall–Kier alpha value is -1.51. The number of alkyl halides is 2. The van der Waals surface area contributed by atoms with Crippen LogP contribution in [0.4, 0.5) is 8.78 Å². The standard InChI is InChI=1S/C12H12ClF2N3O2S/c1-17(8-11-16-5-6-18(11)12(14)15)21(19,20)10-4-2-3-9(13)7-10/h2-7,12H,8H2,1H3. The van der Waals surface area contributed by atoms with Crippen molar-refractivity contribution in [1.29, 1.82) is 0 Å². The summed E-state index contributed by atoms with van der Waals surface area (Å²) in [5, 5.41) is 0.276. The Morgan fingerprint density at radius 1 is 1.43 bits per heavy atom. The molecular formula is C12H12ClF2N3O2S. The van der Waals surface area contributed by atoms with Crippen LogP contribution in [0.25, 0.3) is 0 Å². The number of hydrogen-bond donors (Lipinski definition) is 0. The molecule has 0 spiro atoms. The number of benzene rings is 1. The lowest BCUT2D eigenvalue weighted by atomic mass is 10.4. The molecule has 0 bridgehead atoms. The zero-order valence-corrected chi connectivity index (χ0v) is 12.5. The Bertz CT molecular complexity index is 734. The summed E-state index contributed by atoms with van der Waals surface area (Å²) in [5.74, 6) is -0.0434. The van der Waals surface area contributed by atoms with Gasteiger partial charge in [0.25, 0.3) is 0 Å². The number of sulfonamides is 1. The van der Waals surface area contributed by atoms with E-state index >= 15 is 0 Å². The maximum absolute atomic E-state index is 12.7. The summed E-state index contributed by atoms with van der Waals surface area (Å²) >= 11 is 5.77. The molecule has 5 nitrogen and oxygen atoms in total. The lowest BCUT2D eigenvalue weighted by molar-refractivity contribution is 0.0658. The molecule has 0 unspecified atom stereocenters. The first-order valence-electron chi connectivity index (χ1n) is 5.84. The van der Waals surface area contributed by atoms with Gasteiger partial charge in [-0.1, -0.05) is 17.7 Å². The first kappa shape index (κ1) is 15.9. The summed E-state index contributed by atoms with van der Waals surface area (Å²) in [7, 11) is -2.54. The molecule has 9 heteroatoms. The first-order valence-corrected chi connectivity index (χ1v) is 7.66. The van der Waals surface area contributed by atoms with Gasteiger partial charge < -0.3 is 0 Å². The second kappa shape index (κ2) is 6.08. The van der Waals surface area contributed by atoms with Crippen LogP contribution < -0.4 is 0 Å². The minimum Gasteiger partial charge on any atom is -0.277 e. The quantitative estimate of drug-likeness (QED) is 0.844. The average molecular weight is 336 g/mol. The maximum atomic E-state index is 12.7. The van der Waals surface area contributed by atoms with Crippen molar-refractivity contribution in [3.8, 4) is 0 Å². The van der Waals surface area contributed by atoms with Crippen LogP contribution in [-0.2, 0) is 16.6 Å². The fourth-order valence-electron chi connectivity index (χ4n) is 1.74. The maximum Gasteiger partial charge on any atom is 0.319 e. The second-order valence-electron chi connectivity index (χ2n) is 4.25. The summed E-state index contributed by atoms with van der Waals surface area (Å²) in [5.41, 5.74) is 0. The Kier molecular flexibility index (Phi) is 4.60. The van der Waals surface area contributed by atoms with Gasteiger partial charge in [0.15, 0.2) is 0 Å². The van der Waals surface area contributed by atoms with E-state index in [1.807, 2.05) is 0 Å². The van der Waals surface area contributed by atoms with Crippen molar-refractivity contribution in [2.24, 2.45) is 0 Å². The van der Waals surface area contributed by atoms with E-state index in [0.29, 0.717) is 4.57 Å². The van der Waals surface area contributed by atoms with Crippen LogP contribution in [0.1, 0.15) is 12.4 Å². The van der Waals surface area contributed by atoms with Crippen LogP contribution in [0.3, 0.4) is 0 Å². The zero-order valence-electron chi connectivity index (χ0n) is 10.9. The van der Waals surface area contributed by atoms with Gasteiger partial charge in [-0.25, -0.2) is 13.4 Å². The highest BCUT2D eigenvalue weighted by molar-refractivity contribution is 7.89. The van der Waals surface area contributed by atoms with Gasteiger partial charge >= 0.3 is 6.55 Å². The molecule has 0 radical (unpaired) electrons. The summed E-state index contributed by atoms with van der Waals surface area (Å²) in [6.07, 6.45) is 2.29. The molecule has 21 heavy (non-hydrogen) atoms. The summed E-state index contributed by atoms with van der Waals surface area (Å²) in [4.78, 5) is 3.75. The van der Waals surface area contributed by atoms with Crippen molar-refractivity contribution in [3.63, 3.8) is 0 Å². The highest BCUT2D eigenvalue weighted by Gasteiger charge is 2.23. The minimum absolute atomic E-state index is 0.00680. The first-order chi connectivity index (χ1) is 9.82. The SMILES string of the molecule is CN(Cc1nccn1C(F)F)S(=O)(=O)c1cccc(Cl)c1. The number of halogens is 3. The predicted molar refractivity (Wildman–Crippen MR) is 73.6 cm³/mol. The third-order valence-electron chi connectivity index (χ3n) is 2.83. The molecule has 2 rings (SSSR count). The Labute approximate surface area is 125 Å². The molecule has 0 aliphatic heterocycles. The van der Waals surface area contributed by atoms with E-state index in [-0.39, 0.29) is 22.3 Å². The van der Waals surface area contributed by atoms with Gasteiger partial charge in [0.1, 0.15) is 5.82 Å². The highest BCUT2D eigenvalue weighted by atomic mass is 35.5. The third-order valence-corrected chi connectivity index (χ3v) is 4.86. The van der Waals surface area contributed by atoms with E-state index in [1.165, 1.54) is 31.4 Å². The summed E-state index contributed by atoms with van der Waals surface area (Å²) < 4.78 is 51.7. The topological polar surface area (TPSA) is 55.2 Å². The molecule has 1 heterocycles. The van der Waals surface area contributed by atoms with E-state index in [2.05, 4.69) is 4.98 Å². The zero-order chi connectivity index (χ0) is 15.6. The molecular weight excluding hydrogens is 324 g/mol. The van der Waals surface area contributed by atoms with Crippen LogP contribution in [0.2, 0.25) is 5.02 Å². The third kappa shape index (κ3) is 3.39. The molecule has 2 aromatic rings. The smallest absolute Gasteiger partial charge is 0.277 e. The monoisotopic (exact) mass is 335 g/mol. The van der Waals surface area contributed by atoms with Gasteiger partial charge in [0.05, 0.1) is 11.4 Å². The van der Waals surface area contributed by atoms with E-state index in [0.717, 1.165) is 10.5 Å². The lowest BCUT2D eigenvalue weighted by Crippen LogP contribution is -2.28. The van der Waals surface area contributed by atoms with E-state index in [1.54, 1.807) is 6.07 Å². The molecule has 0 saturated carbocycles. The van der Waals surface area contributed by atoms with Crippen LogP contribution >= 0.6 is 11.6 Å². The molecule has 1 aromatic heterocycles. The van der Waals surface area contributed by atoms with E-state index in [9.17, 15) is 17.2 Å². The molecule has 114 valence electrons. The van der Waals surface area contributed by atoms with Crippen molar-refractivity contribution in [2.75, 3.05) is 7.05 Å². The van der Waals surface area contributed by atoms with Crippen molar-refractivity contribution in [3.05, 3.63) is 47.5 Å². The fourth-order valence-corrected chi connectivity index (χ4v) is 3.16. The van der Waals surface area contributed by atoms with E-state index < -0.39 is 16.6 Å². The predicted octanol–water partition coefficient (Wildman–Crippen LogP) is 2.75. The molecule has 0 atom stereocenters. The normalized spacial score (nSPS) is 12.3. The van der Waals surface area contributed by atoms with Gasteiger partial charge in [-0.15, -0.1) is 0 Å². The minimum atomic E-state index is -3.83. The second-order valence-corrected chi connectivity index (χ2v) is 6.73. The van der Waals surface area contributed by atoms with Crippen molar-refractivity contribution < 1.29 is 17.2 Å². The van der Waals surface area contributed by atoms with Gasteiger partial charge in [0.2, 0.25) is 10.0 Å². The van der Waals surface area contributed by atoms with Crippen molar-refractivity contribution in [1.82, 2.24) is 13.9 Å². The molecule has 0 amide bonds. The number of nitrogens with zero attached hydrogens (tertiary/aromatic N) is 3. The van der Waals surface area contributed by atoms with Gasteiger partial charge in [-0.05, 0) is 18.2 Å². The highest BCUT2D eigenvalue weighted by Crippen LogP contribution is 2.21. The summed E-state index contributed by atoms with van der Waals surface area (Å²) in [6, 6.07) is 5.73. The van der Waals surface area contributed by atoms with Crippen LogP contribution in [0.15, 0.2) is 41.6 Å². The van der Waals surface area contributed by atoms with Gasteiger partial charge in [0, 0.05) is 24.5 Å². The van der Waals surface area contributed by atoms with Gasteiger partial charge in [-0.3, -0.25) is 4.57 Å². The Morgan fingerprint density at radius 3 is 2.76 bits per heavy atom. The average Bonchev–Trinajstić information content (AvgIpc) is 2.87. The number of rotatable bonds is 5. The van der Waals surface area contributed by atoms with Crippen molar-refractivity contribution in [2.45, 2.75) is 18.0 Å². The van der Waals surface area contributed by atoms with Gasteiger partial charge in [-0.2, -0.15) is 13.1 Å².